The van der Waals surface area contributed by atoms with E-state index in [-0.39, 0.29) is 0 Å². The molecule has 0 saturated carbocycles. The summed E-state index contributed by atoms with van der Waals surface area (Å²) in [6.45, 7) is 0. The van der Waals surface area contributed by atoms with Crippen LogP contribution < -0.4 is 5.73 Å². The third kappa shape index (κ3) is 1.53. The van der Waals surface area contributed by atoms with Crippen molar-refractivity contribution in [1.82, 2.24) is 19.9 Å². The highest BCUT2D eigenvalue weighted by Gasteiger charge is 2.09. The van der Waals surface area contributed by atoms with Crippen molar-refractivity contribution in [2.75, 3.05) is 5.73 Å². The molecule has 0 unspecified atom stereocenters. The number of nitrogen functional groups attached to an aromatic ring is 1. The molecule has 0 aliphatic rings. The smallest absolute Gasteiger partial charge is 0.150 e. The first-order valence-electron chi connectivity index (χ1n) is 6.25. The lowest BCUT2D eigenvalue weighted by Crippen LogP contribution is -1.93. The number of benzene rings is 1. The van der Waals surface area contributed by atoms with Crippen molar-refractivity contribution in [1.29, 1.82) is 0 Å². The lowest BCUT2D eigenvalue weighted by atomic mass is 10.0. The average molecular weight is 261 g/mol. The van der Waals surface area contributed by atoms with Gasteiger partial charge in [0.15, 0.2) is 0 Å². The van der Waals surface area contributed by atoms with E-state index in [0.29, 0.717) is 5.82 Å². The van der Waals surface area contributed by atoms with Gasteiger partial charge in [-0.15, -0.1) is 0 Å². The molecule has 0 saturated heterocycles. The number of hydrogen-bond donors (Lipinski definition) is 2. The topological polar surface area (TPSA) is 80.5 Å². The van der Waals surface area contributed by atoms with Crippen LogP contribution >= 0.6 is 0 Å². The number of hydrogen-bond acceptors (Lipinski definition) is 4. The number of rotatable bonds is 1. The van der Waals surface area contributed by atoms with Crippen LogP contribution in [0.2, 0.25) is 0 Å². The van der Waals surface area contributed by atoms with E-state index in [9.17, 15) is 0 Å². The molecule has 0 amide bonds. The molecule has 0 atom stereocenters. The summed E-state index contributed by atoms with van der Waals surface area (Å²) in [5.74, 6) is 0.466. The Morgan fingerprint density at radius 1 is 1.10 bits per heavy atom. The van der Waals surface area contributed by atoms with Crippen LogP contribution in [-0.2, 0) is 0 Å². The van der Waals surface area contributed by atoms with Gasteiger partial charge in [-0.3, -0.25) is 4.98 Å². The zero-order valence-electron chi connectivity index (χ0n) is 10.5. The number of nitrogens with zero attached hydrogens (tertiary/aromatic N) is 3. The van der Waals surface area contributed by atoms with Crippen LogP contribution in [0, 0.1) is 0 Å². The first-order chi connectivity index (χ1) is 9.83. The number of nitrogens with one attached hydrogen (secondary N) is 1. The molecular weight excluding hydrogens is 250 g/mol. The van der Waals surface area contributed by atoms with Gasteiger partial charge in [-0.2, -0.15) is 0 Å². The molecule has 3 heterocycles. The Bertz CT molecular complexity index is 912. The quantitative estimate of drug-likeness (QED) is 0.552. The van der Waals surface area contributed by atoms with Crippen LogP contribution in [0.25, 0.3) is 33.1 Å². The van der Waals surface area contributed by atoms with Crippen molar-refractivity contribution in [3.05, 3.63) is 49.1 Å². The van der Waals surface area contributed by atoms with Gasteiger partial charge in [0, 0.05) is 23.3 Å². The summed E-state index contributed by atoms with van der Waals surface area (Å²) < 4.78 is 0. The Morgan fingerprint density at radius 3 is 2.90 bits per heavy atom. The Morgan fingerprint density at radius 2 is 2.05 bits per heavy atom. The molecule has 3 N–H and O–H groups in total. The van der Waals surface area contributed by atoms with E-state index < -0.39 is 0 Å². The Balaban J connectivity index is 2.03. The van der Waals surface area contributed by atoms with Crippen molar-refractivity contribution in [2.45, 2.75) is 0 Å². The van der Waals surface area contributed by atoms with Gasteiger partial charge in [-0.05, 0) is 23.8 Å². The third-order valence-corrected chi connectivity index (χ3v) is 3.38. The van der Waals surface area contributed by atoms with Crippen LogP contribution in [0.1, 0.15) is 0 Å². The average Bonchev–Trinajstić information content (AvgIpc) is 2.98. The van der Waals surface area contributed by atoms with E-state index in [4.69, 9.17) is 5.73 Å². The lowest BCUT2D eigenvalue weighted by molar-refractivity contribution is 1.33. The molecule has 0 radical (unpaired) electrons. The molecule has 96 valence electrons. The SMILES string of the molecule is Nc1nc2cc(-c3cccnc3)ccc2c2nc[nH]c12. The minimum atomic E-state index is 0.466. The predicted molar refractivity (Wildman–Crippen MR) is 79.0 cm³/mol. The van der Waals surface area contributed by atoms with E-state index in [2.05, 4.69) is 19.9 Å². The van der Waals surface area contributed by atoms with Gasteiger partial charge in [0.1, 0.15) is 16.9 Å². The second kappa shape index (κ2) is 4.03. The van der Waals surface area contributed by atoms with Gasteiger partial charge in [0.2, 0.25) is 0 Å². The fourth-order valence-corrected chi connectivity index (χ4v) is 2.42. The molecule has 0 aliphatic heterocycles. The molecule has 5 nitrogen and oxygen atoms in total. The van der Waals surface area contributed by atoms with E-state index in [1.165, 1.54) is 0 Å². The zero-order chi connectivity index (χ0) is 13.5. The maximum Gasteiger partial charge on any atom is 0.150 e. The van der Waals surface area contributed by atoms with Gasteiger partial charge in [-0.1, -0.05) is 12.1 Å². The van der Waals surface area contributed by atoms with E-state index in [1.54, 1.807) is 12.5 Å². The lowest BCUT2D eigenvalue weighted by Gasteiger charge is -2.05. The number of imidazole rings is 1. The molecule has 0 fully saturated rings. The number of anilines is 1. The Kier molecular flexibility index (Phi) is 2.20. The number of H-pyrrole nitrogens is 1. The summed E-state index contributed by atoms with van der Waals surface area (Å²) in [6.07, 6.45) is 5.23. The normalized spacial score (nSPS) is 11.2. The summed E-state index contributed by atoms with van der Waals surface area (Å²) in [5, 5.41) is 0.989. The first-order valence-corrected chi connectivity index (χ1v) is 6.25. The standard InChI is InChI=1S/C15H11N5/c16-15-14-13(18-8-19-14)11-4-3-9(6-12(11)20-15)10-2-1-5-17-7-10/h1-8H,(H2,16,20)(H,18,19). The summed E-state index contributed by atoms with van der Waals surface area (Å²) in [6, 6.07) is 10.0. The zero-order valence-corrected chi connectivity index (χ0v) is 10.5. The molecular formula is C15H11N5. The molecule has 0 bridgehead atoms. The summed E-state index contributed by atoms with van der Waals surface area (Å²) in [7, 11) is 0. The van der Waals surface area contributed by atoms with E-state index in [0.717, 1.165) is 33.1 Å². The third-order valence-electron chi connectivity index (χ3n) is 3.38. The molecule has 1 aromatic carbocycles. The monoisotopic (exact) mass is 261 g/mol. The highest BCUT2D eigenvalue weighted by atomic mass is 14.9. The minimum absolute atomic E-state index is 0.466. The minimum Gasteiger partial charge on any atom is -0.382 e. The second-order valence-corrected chi connectivity index (χ2v) is 4.60. The van der Waals surface area contributed by atoms with E-state index >= 15 is 0 Å². The van der Waals surface area contributed by atoms with Crippen LogP contribution in [0.5, 0.6) is 0 Å². The van der Waals surface area contributed by atoms with Crippen molar-refractivity contribution in [3.8, 4) is 11.1 Å². The van der Waals surface area contributed by atoms with Gasteiger partial charge < -0.3 is 10.7 Å². The van der Waals surface area contributed by atoms with Crippen LogP contribution in [-0.4, -0.2) is 19.9 Å². The van der Waals surface area contributed by atoms with Crippen LogP contribution in [0.4, 0.5) is 5.82 Å². The molecule has 4 rings (SSSR count). The van der Waals surface area contributed by atoms with Gasteiger partial charge >= 0.3 is 0 Å². The Hall–Kier alpha value is -2.95. The predicted octanol–water partition coefficient (Wildman–Crippen LogP) is 2.76. The number of nitrogens with two attached hydrogens (primary N) is 1. The molecule has 4 aromatic rings. The molecule has 0 aliphatic carbocycles. The van der Waals surface area contributed by atoms with E-state index in [1.807, 2.05) is 36.5 Å². The van der Waals surface area contributed by atoms with Crippen molar-refractivity contribution in [3.63, 3.8) is 0 Å². The highest BCUT2D eigenvalue weighted by molar-refractivity contribution is 6.06. The first kappa shape index (κ1) is 10.9. The second-order valence-electron chi connectivity index (χ2n) is 4.60. The summed E-state index contributed by atoms with van der Waals surface area (Å²) in [5.41, 5.74) is 10.5. The number of aromatic nitrogens is 4. The van der Waals surface area contributed by atoms with Gasteiger partial charge in [-0.25, -0.2) is 9.97 Å². The maximum atomic E-state index is 5.96. The number of pyridine rings is 2. The number of aromatic amines is 1. The van der Waals surface area contributed by atoms with Gasteiger partial charge in [0.25, 0.3) is 0 Å². The van der Waals surface area contributed by atoms with Crippen LogP contribution in [0.3, 0.4) is 0 Å². The molecule has 20 heavy (non-hydrogen) atoms. The fraction of sp³-hybridized carbons (Fsp3) is 0. The molecule has 5 heteroatoms. The fourth-order valence-electron chi connectivity index (χ4n) is 2.42. The van der Waals surface area contributed by atoms with Gasteiger partial charge in [0.05, 0.1) is 11.8 Å². The molecule has 0 spiro atoms. The van der Waals surface area contributed by atoms with Crippen LogP contribution in [0.15, 0.2) is 49.1 Å². The summed E-state index contributed by atoms with van der Waals surface area (Å²) >= 11 is 0. The van der Waals surface area contributed by atoms with Crippen molar-refractivity contribution in [2.24, 2.45) is 0 Å². The summed E-state index contributed by atoms with van der Waals surface area (Å²) in [4.78, 5) is 15.9. The highest BCUT2D eigenvalue weighted by Crippen LogP contribution is 2.28. The van der Waals surface area contributed by atoms with Crippen molar-refractivity contribution >= 4 is 27.8 Å². The van der Waals surface area contributed by atoms with Crippen molar-refractivity contribution < 1.29 is 0 Å². The largest absolute Gasteiger partial charge is 0.382 e. The molecule has 3 aromatic heterocycles. The maximum absolute atomic E-state index is 5.96. The number of fused-ring (bicyclic) bond motifs is 3. The Labute approximate surface area is 114 Å².